The predicted molar refractivity (Wildman–Crippen MR) is 66.8 cm³/mol. The Bertz CT molecular complexity index is 371. The summed E-state index contributed by atoms with van der Waals surface area (Å²) in [5.74, 6) is 0.126. The van der Waals surface area contributed by atoms with Crippen molar-refractivity contribution in [1.82, 2.24) is 4.90 Å². The molecule has 0 N–H and O–H groups in total. The van der Waals surface area contributed by atoms with Gasteiger partial charge in [-0.2, -0.15) is 13.2 Å². The topological polar surface area (TPSA) is 28.0 Å². The average molecular weight is 261 g/mol. The van der Waals surface area contributed by atoms with Crippen LogP contribution in [0.3, 0.4) is 0 Å². The molecule has 0 amide bonds. The van der Waals surface area contributed by atoms with Gasteiger partial charge in [-0.05, 0) is 33.8 Å². The molecule has 1 heterocycles. The van der Waals surface area contributed by atoms with Gasteiger partial charge in [0.25, 0.3) is 0 Å². The summed E-state index contributed by atoms with van der Waals surface area (Å²) in [6.07, 6.45) is -1.78. The number of hydrogen-bond donors (Lipinski definition) is 0. The molecule has 1 aliphatic heterocycles. The van der Waals surface area contributed by atoms with Gasteiger partial charge in [-0.25, -0.2) is 9.98 Å². The second kappa shape index (κ2) is 5.54. The highest BCUT2D eigenvalue weighted by molar-refractivity contribution is 5.90. The van der Waals surface area contributed by atoms with Gasteiger partial charge in [0.15, 0.2) is 0 Å². The van der Waals surface area contributed by atoms with Crippen LogP contribution in [0.15, 0.2) is 21.8 Å². The molecule has 0 aromatic carbocycles. The fourth-order valence-electron chi connectivity index (χ4n) is 1.84. The number of guanidine groups is 1. The third-order valence-corrected chi connectivity index (χ3v) is 2.48. The number of alkyl halides is 3. The predicted octanol–water partition coefficient (Wildman–Crippen LogP) is 3.38. The number of allylic oxidation sites excluding steroid dienone is 2. The molecule has 18 heavy (non-hydrogen) atoms. The van der Waals surface area contributed by atoms with Crippen LogP contribution in [0.5, 0.6) is 0 Å². The zero-order valence-electron chi connectivity index (χ0n) is 11.0. The van der Waals surface area contributed by atoms with Crippen LogP contribution >= 0.6 is 0 Å². The third kappa shape index (κ3) is 3.58. The maximum Gasteiger partial charge on any atom is 0.433 e. The highest BCUT2D eigenvalue weighted by Crippen LogP contribution is 2.28. The van der Waals surface area contributed by atoms with Crippen molar-refractivity contribution in [3.63, 3.8) is 0 Å². The fourth-order valence-corrected chi connectivity index (χ4v) is 1.84. The Balaban J connectivity index is 3.13. The van der Waals surface area contributed by atoms with Crippen LogP contribution in [0.25, 0.3) is 0 Å². The number of aliphatic imine (C=N–C) groups is 2. The smallest absolute Gasteiger partial charge is 0.336 e. The normalized spacial score (nSPS) is 16.7. The van der Waals surface area contributed by atoms with Gasteiger partial charge in [-0.15, -0.1) is 0 Å². The van der Waals surface area contributed by atoms with Gasteiger partial charge < -0.3 is 4.90 Å². The van der Waals surface area contributed by atoms with E-state index in [1.54, 1.807) is 4.90 Å². The molecule has 0 radical (unpaired) electrons. The maximum atomic E-state index is 12.7. The van der Waals surface area contributed by atoms with E-state index in [1.807, 2.05) is 27.7 Å². The van der Waals surface area contributed by atoms with Gasteiger partial charge in [-0.1, -0.05) is 0 Å². The highest BCUT2D eigenvalue weighted by Gasteiger charge is 2.35. The van der Waals surface area contributed by atoms with E-state index in [2.05, 4.69) is 9.98 Å². The summed E-state index contributed by atoms with van der Waals surface area (Å²) in [5.41, 5.74) is -0.874. The van der Waals surface area contributed by atoms with Gasteiger partial charge in [-0.3, -0.25) is 0 Å². The van der Waals surface area contributed by atoms with E-state index in [0.717, 1.165) is 6.08 Å². The molecule has 0 spiro atoms. The number of nitrogens with zero attached hydrogens (tertiary/aromatic N) is 3. The average Bonchev–Trinajstić information content (AvgIpc) is 2.41. The molecule has 0 fully saturated rings. The summed E-state index contributed by atoms with van der Waals surface area (Å²) in [5, 5.41) is 0. The van der Waals surface area contributed by atoms with Crippen molar-refractivity contribution in [3.05, 3.63) is 11.8 Å². The lowest BCUT2D eigenvalue weighted by atomic mass is 10.2. The Morgan fingerprint density at radius 2 is 1.72 bits per heavy atom. The van der Waals surface area contributed by atoms with Crippen LogP contribution in [-0.2, 0) is 0 Å². The molecule has 0 atom stereocenters. The molecule has 0 bridgehead atoms. The molecular formula is C12H18F3N3. The van der Waals surface area contributed by atoms with Crippen LogP contribution in [0.4, 0.5) is 13.2 Å². The van der Waals surface area contributed by atoms with Gasteiger partial charge in [0.05, 0.1) is 0 Å². The molecule has 0 aromatic heterocycles. The number of rotatable bonds is 2. The van der Waals surface area contributed by atoms with E-state index in [0.29, 0.717) is 0 Å². The minimum Gasteiger partial charge on any atom is -0.336 e. The van der Waals surface area contributed by atoms with Gasteiger partial charge in [0.2, 0.25) is 5.96 Å². The monoisotopic (exact) mass is 261 g/mol. The summed E-state index contributed by atoms with van der Waals surface area (Å²) in [6, 6.07) is 0.0713. The second-order valence-corrected chi connectivity index (χ2v) is 4.64. The standard InChI is InChI=1S/C12H18F3N3/c1-8(2)18(9(3)4)11-16-7-5-6-10(17-11)12(13,14)15/h6-9H,5H2,1-4H3. The largest absolute Gasteiger partial charge is 0.433 e. The molecule has 102 valence electrons. The Morgan fingerprint density at radius 1 is 1.17 bits per heavy atom. The summed E-state index contributed by atoms with van der Waals surface area (Å²) in [6.45, 7) is 7.61. The number of halogens is 3. The Labute approximate surface area is 105 Å². The van der Waals surface area contributed by atoms with Crippen molar-refractivity contribution < 1.29 is 13.2 Å². The molecule has 3 nitrogen and oxygen atoms in total. The van der Waals surface area contributed by atoms with Crippen molar-refractivity contribution in [1.29, 1.82) is 0 Å². The molecule has 0 saturated carbocycles. The highest BCUT2D eigenvalue weighted by atomic mass is 19.4. The van der Waals surface area contributed by atoms with Crippen molar-refractivity contribution in [3.8, 4) is 0 Å². The van der Waals surface area contributed by atoms with Crippen LogP contribution in [0, 0.1) is 0 Å². The van der Waals surface area contributed by atoms with E-state index < -0.39 is 11.9 Å². The first-order valence-electron chi connectivity index (χ1n) is 5.90. The summed E-state index contributed by atoms with van der Waals surface area (Å²) in [7, 11) is 0. The number of hydrogen-bond acceptors (Lipinski definition) is 3. The first kappa shape index (κ1) is 14.7. The van der Waals surface area contributed by atoms with Crippen molar-refractivity contribution in [2.75, 3.05) is 0 Å². The molecule has 6 heteroatoms. The zero-order chi connectivity index (χ0) is 13.9. The van der Waals surface area contributed by atoms with E-state index >= 15 is 0 Å². The van der Waals surface area contributed by atoms with Crippen molar-refractivity contribution in [2.45, 2.75) is 52.4 Å². The minimum atomic E-state index is -4.43. The third-order valence-electron chi connectivity index (χ3n) is 2.48. The Hall–Kier alpha value is -1.33. The fraction of sp³-hybridized carbons (Fsp3) is 0.667. The summed E-state index contributed by atoms with van der Waals surface area (Å²) >= 11 is 0. The maximum absolute atomic E-state index is 12.7. The van der Waals surface area contributed by atoms with E-state index in [4.69, 9.17) is 0 Å². The molecule has 0 aliphatic carbocycles. The Morgan fingerprint density at radius 3 is 2.17 bits per heavy atom. The SMILES string of the molecule is CC(C)N(C1=NC(C(F)(F)F)=CCC=N1)C(C)C. The van der Waals surface area contributed by atoms with Crippen LogP contribution in [0.2, 0.25) is 0 Å². The van der Waals surface area contributed by atoms with E-state index in [1.165, 1.54) is 6.21 Å². The lowest BCUT2D eigenvalue weighted by Gasteiger charge is -2.31. The molecular weight excluding hydrogens is 243 g/mol. The second-order valence-electron chi connectivity index (χ2n) is 4.64. The zero-order valence-corrected chi connectivity index (χ0v) is 11.0. The van der Waals surface area contributed by atoms with Crippen molar-refractivity contribution in [2.24, 2.45) is 9.98 Å². The summed E-state index contributed by atoms with van der Waals surface area (Å²) < 4.78 is 38.1. The van der Waals surface area contributed by atoms with Crippen LogP contribution < -0.4 is 0 Å². The van der Waals surface area contributed by atoms with E-state index in [9.17, 15) is 13.2 Å². The lowest BCUT2D eigenvalue weighted by molar-refractivity contribution is -0.0926. The van der Waals surface area contributed by atoms with Gasteiger partial charge >= 0.3 is 6.18 Å². The molecule has 1 aliphatic rings. The van der Waals surface area contributed by atoms with Crippen LogP contribution in [0.1, 0.15) is 34.1 Å². The van der Waals surface area contributed by atoms with Crippen LogP contribution in [-0.4, -0.2) is 35.3 Å². The lowest BCUT2D eigenvalue weighted by Crippen LogP contribution is -2.41. The van der Waals surface area contributed by atoms with Crippen molar-refractivity contribution >= 4 is 12.2 Å². The quantitative estimate of drug-likeness (QED) is 0.749. The van der Waals surface area contributed by atoms with E-state index in [-0.39, 0.29) is 24.5 Å². The minimum absolute atomic E-state index is 0.0356. The molecule has 0 unspecified atom stereocenters. The Kier molecular flexibility index (Phi) is 4.53. The molecule has 0 saturated heterocycles. The first-order chi connectivity index (χ1) is 8.23. The first-order valence-corrected chi connectivity index (χ1v) is 5.90. The van der Waals surface area contributed by atoms with Gasteiger partial charge in [0.1, 0.15) is 5.70 Å². The molecule has 1 rings (SSSR count). The van der Waals surface area contributed by atoms with Gasteiger partial charge in [0, 0.05) is 24.7 Å². The molecule has 0 aromatic rings. The summed E-state index contributed by atoms with van der Waals surface area (Å²) in [4.78, 5) is 9.46.